The fourth-order valence-electron chi connectivity index (χ4n) is 2.20. The van der Waals surface area contributed by atoms with Crippen LogP contribution in [0.5, 0.6) is 0 Å². The highest BCUT2D eigenvalue weighted by atomic mass is 32.1. The molecule has 4 heteroatoms. The molecule has 0 unspecified atom stereocenters. The maximum absolute atomic E-state index is 9.44. The van der Waals surface area contributed by atoms with E-state index < -0.39 is 0 Å². The molecule has 0 atom stereocenters. The summed E-state index contributed by atoms with van der Waals surface area (Å²) in [6, 6.07) is 0.558. The Bertz CT molecular complexity index is 343. The molecule has 1 saturated carbocycles. The van der Waals surface area contributed by atoms with Crippen LogP contribution < -0.4 is 5.32 Å². The van der Waals surface area contributed by atoms with Crippen LogP contribution in [0.4, 0.5) is 0 Å². The lowest BCUT2D eigenvalue weighted by Gasteiger charge is -2.25. The number of thiazole rings is 1. The molecule has 0 aliphatic heterocycles. The summed E-state index contributed by atoms with van der Waals surface area (Å²) in [4.78, 5) is 4.62. The summed E-state index contributed by atoms with van der Waals surface area (Å²) < 4.78 is 0. The molecule has 2 N–H and O–H groups in total. The molecule has 17 heavy (non-hydrogen) atoms. The number of aliphatic hydroxyl groups excluding tert-OH is 1. The molecular weight excluding hydrogens is 232 g/mol. The second-order valence-electron chi connectivity index (χ2n) is 5.22. The van der Waals surface area contributed by atoms with Crippen LogP contribution in [-0.2, 0) is 6.54 Å². The van der Waals surface area contributed by atoms with Gasteiger partial charge in [0.15, 0.2) is 0 Å². The van der Waals surface area contributed by atoms with Crippen LogP contribution >= 0.6 is 11.3 Å². The second-order valence-corrected chi connectivity index (χ2v) is 6.11. The van der Waals surface area contributed by atoms with Gasteiger partial charge in [-0.3, -0.25) is 0 Å². The maximum atomic E-state index is 9.44. The van der Waals surface area contributed by atoms with Gasteiger partial charge in [-0.05, 0) is 25.7 Å². The number of aliphatic hydroxyl groups is 1. The fraction of sp³-hybridized carbons (Fsp3) is 0.769. The summed E-state index contributed by atoms with van der Waals surface area (Å²) in [5.41, 5.74) is 1.16. The quantitative estimate of drug-likeness (QED) is 0.868. The standard InChI is InChI=1S/C13H22N2OS/c1-9(2)13-15-11(8-17-13)7-14-10-3-5-12(16)6-4-10/h8-10,12,14,16H,3-7H2,1-2H3. The first kappa shape index (κ1) is 13.0. The Labute approximate surface area is 107 Å². The van der Waals surface area contributed by atoms with Gasteiger partial charge in [-0.1, -0.05) is 13.8 Å². The molecule has 1 aromatic rings. The SMILES string of the molecule is CC(C)c1nc(CNC2CCC(O)CC2)cs1. The fourth-order valence-corrected chi connectivity index (χ4v) is 3.03. The van der Waals surface area contributed by atoms with E-state index in [4.69, 9.17) is 0 Å². The van der Waals surface area contributed by atoms with Crippen LogP contribution in [0, 0.1) is 0 Å². The average Bonchev–Trinajstić information content (AvgIpc) is 2.77. The van der Waals surface area contributed by atoms with E-state index in [0.29, 0.717) is 12.0 Å². The molecule has 0 aromatic carbocycles. The Morgan fingerprint density at radius 1 is 1.41 bits per heavy atom. The molecule has 0 radical (unpaired) electrons. The number of hydrogen-bond acceptors (Lipinski definition) is 4. The van der Waals surface area contributed by atoms with Crippen LogP contribution in [0.2, 0.25) is 0 Å². The van der Waals surface area contributed by atoms with Crippen LogP contribution in [-0.4, -0.2) is 22.2 Å². The van der Waals surface area contributed by atoms with E-state index in [2.05, 4.69) is 29.5 Å². The summed E-state index contributed by atoms with van der Waals surface area (Å²) in [6.07, 6.45) is 3.97. The molecule has 3 nitrogen and oxygen atoms in total. The van der Waals surface area contributed by atoms with Gasteiger partial charge in [-0.2, -0.15) is 0 Å². The van der Waals surface area contributed by atoms with Crippen molar-refractivity contribution in [2.45, 2.75) is 64.1 Å². The topological polar surface area (TPSA) is 45.2 Å². The molecule has 1 aliphatic rings. The predicted molar refractivity (Wildman–Crippen MR) is 71.3 cm³/mol. The third-order valence-corrected chi connectivity index (χ3v) is 4.53. The first-order valence-electron chi connectivity index (χ1n) is 6.51. The maximum Gasteiger partial charge on any atom is 0.0954 e. The summed E-state index contributed by atoms with van der Waals surface area (Å²) in [6.45, 7) is 5.22. The van der Waals surface area contributed by atoms with Gasteiger partial charge in [0, 0.05) is 23.9 Å². The Kier molecular flexibility index (Phi) is 4.54. The third-order valence-electron chi connectivity index (χ3n) is 3.33. The molecule has 1 aliphatic carbocycles. The number of rotatable bonds is 4. The van der Waals surface area contributed by atoms with Crippen LogP contribution in [0.3, 0.4) is 0 Å². The van der Waals surface area contributed by atoms with E-state index in [0.717, 1.165) is 37.9 Å². The van der Waals surface area contributed by atoms with E-state index >= 15 is 0 Å². The lowest BCUT2D eigenvalue weighted by Crippen LogP contribution is -2.34. The highest BCUT2D eigenvalue weighted by Gasteiger charge is 2.18. The summed E-state index contributed by atoms with van der Waals surface area (Å²) in [7, 11) is 0. The van der Waals surface area contributed by atoms with Crippen LogP contribution in [0.15, 0.2) is 5.38 Å². The number of aromatic nitrogens is 1. The van der Waals surface area contributed by atoms with Crippen molar-refractivity contribution in [1.82, 2.24) is 10.3 Å². The summed E-state index contributed by atoms with van der Waals surface area (Å²) in [5.74, 6) is 0.526. The molecule has 0 bridgehead atoms. The van der Waals surface area contributed by atoms with Crippen molar-refractivity contribution in [3.63, 3.8) is 0 Å². The molecule has 1 fully saturated rings. The number of hydrogen-bond donors (Lipinski definition) is 2. The average molecular weight is 254 g/mol. The molecule has 0 spiro atoms. The van der Waals surface area contributed by atoms with Crippen molar-refractivity contribution >= 4 is 11.3 Å². The molecular formula is C13H22N2OS. The lowest BCUT2D eigenvalue weighted by molar-refractivity contribution is 0.116. The first-order valence-corrected chi connectivity index (χ1v) is 7.39. The minimum atomic E-state index is -0.0696. The third kappa shape index (κ3) is 3.76. The zero-order valence-corrected chi connectivity index (χ0v) is 11.5. The van der Waals surface area contributed by atoms with Gasteiger partial charge in [0.1, 0.15) is 0 Å². The Balaban J connectivity index is 1.77. The van der Waals surface area contributed by atoms with Gasteiger partial charge in [-0.25, -0.2) is 4.98 Å². The van der Waals surface area contributed by atoms with Crippen molar-refractivity contribution in [3.8, 4) is 0 Å². The van der Waals surface area contributed by atoms with Crippen LogP contribution in [0.1, 0.15) is 56.2 Å². The highest BCUT2D eigenvalue weighted by molar-refractivity contribution is 7.09. The number of nitrogens with one attached hydrogen (secondary N) is 1. The zero-order valence-electron chi connectivity index (χ0n) is 10.6. The molecule has 0 saturated heterocycles. The van der Waals surface area contributed by atoms with Gasteiger partial charge < -0.3 is 10.4 Å². The molecule has 2 rings (SSSR count). The van der Waals surface area contributed by atoms with Gasteiger partial charge in [0.25, 0.3) is 0 Å². The van der Waals surface area contributed by atoms with Gasteiger partial charge in [0.05, 0.1) is 16.8 Å². The predicted octanol–water partition coefficient (Wildman–Crippen LogP) is 2.66. The summed E-state index contributed by atoms with van der Waals surface area (Å²) in [5, 5.41) is 16.4. The molecule has 0 amide bonds. The van der Waals surface area contributed by atoms with Gasteiger partial charge >= 0.3 is 0 Å². The Hall–Kier alpha value is -0.450. The van der Waals surface area contributed by atoms with E-state index in [1.165, 1.54) is 5.01 Å². The molecule has 96 valence electrons. The minimum Gasteiger partial charge on any atom is -0.393 e. The van der Waals surface area contributed by atoms with Gasteiger partial charge in [-0.15, -0.1) is 11.3 Å². The second kappa shape index (κ2) is 5.94. The minimum absolute atomic E-state index is 0.0696. The molecule has 1 aromatic heterocycles. The van der Waals surface area contributed by atoms with Crippen molar-refractivity contribution in [2.24, 2.45) is 0 Å². The van der Waals surface area contributed by atoms with Gasteiger partial charge in [0.2, 0.25) is 0 Å². The number of nitrogens with zero attached hydrogens (tertiary/aromatic N) is 1. The van der Waals surface area contributed by atoms with Crippen molar-refractivity contribution < 1.29 is 5.11 Å². The first-order chi connectivity index (χ1) is 8.15. The smallest absolute Gasteiger partial charge is 0.0954 e. The Morgan fingerprint density at radius 3 is 2.71 bits per heavy atom. The van der Waals surface area contributed by atoms with Crippen molar-refractivity contribution in [1.29, 1.82) is 0 Å². The van der Waals surface area contributed by atoms with E-state index in [-0.39, 0.29) is 6.10 Å². The van der Waals surface area contributed by atoms with Crippen LogP contribution in [0.25, 0.3) is 0 Å². The van der Waals surface area contributed by atoms with Crippen molar-refractivity contribution in [3.05, 3.63) is 16.1 Å². The summed E-state index contributed by atoms with van der Waals surface area (Å²) >= 11 is 1.75. The van der Waals surface area contributed by atoms with E-state index in [1.54, 1.807) is 11.3 Å². The largest absolute Gasteiger partial charge is 0.393 e. The van der Waals surface area contributed by atoms with Crippen molar-refractivity contribution in [2.75, 3.05) is 0 Å². The monoisotopic (exact) mass is 254 g/mol. The van der Waals surface area contributed by atoms with E-state index in [9.17, 15) is 5.11 Å². The lowest BCUT2D eigenvalue weighted by atomic mass is 9.93. The zero-order chi connectivity index (χ0) is 12.3. The highest BCUT2D eigenvalue weighted by Crippen LogP contribution is 2.21. The Morgan fingerprint density at radius 2 is 2.12 bits per heavy atom. The molecule has 1 heterocycles. The van der Waals surface area contributed by atoms with E-state index in [1.807, 2.05) is 0 Å². The normalized spacial score (nSPS) is 25.4.